The topological polar surface area (TPSA) is 56.1 Å². The van der Waals surface area contributed by atoms with E-state index in [2.05, 4.69) is 24.3 Å². The Morgan fingerprint density at radius 2 is 2.23 bits per heavy atom. The van der Waals surface area contributed by atoms with E-state index in [1.54, 1.807) is 10.8 Å². The van der Waals surface area contributed by atoms with Gasteiger partial charge in [0.25, 0.3) is 0 Å². The third kappa shape index (κ3) is 6.20. The summed E-state index contributed by atoms with van der Waals surface area (Å²) in [5, 5.41) is 7.80. The van der Waals surface area contributed by atoms with Crippen molar-refractivity contribution in [1.82, 2.24) is 15.1 Å². The molecule has 0 unspecified atom stereocenters. The van der Waals surface area contributed by atoms with Gasteiger partial charge in [-0.2, -0.15) is 5.10 Å². The standard InChI is InChI=1S/C16H26ClN3O2/c1-5-22-10-6-9-18-15(21)8-7-14-13(4)19-20(16(14)17)11-12(2)3/h7-8,12H,5-6,9-11H2,1-4H3,(H,18,21)/b8-7+. The highest BCUT2D eigenvalue weighted by atomic mass is 35.5. The average molecular weight is 328 g/mol. The Morgan fingerprint density at radius 1 is 1.50 bits per heavy atom. The normalized spacial score (nSPS) is 11.5. The molecule has 0 saturated carbocycles. The van der Waals surface area contributed by atoms with Gasteiger partial charge in [-0.25, -0.2) is 0 Å². The van der Waals surface area contributed by atoms with Crippen LogP contribution in [0.2, 0.25) is 5.15 Å². The third-order valence-electron chi connectivity index (χ3n) is 3.02. The summed E-state index contributed by atoms with van der Waals surface area (Å²) >= 11 is 6.32. The van der Waals surface area contributed by atoms with Crippen LogP contribution in [0.15, 0.2) is 6.08 Å². The van der Waals surface area contributed by atoms with Crippen LogP contribution in [0, 0.1) is 12.8 Å². The molecule has 0 bridgehead atoms. The van der Waals surface area contributed by atoms with Gasteiger partial charge in [0.2, 0.25) is 5.91 Å². The Bertz CT molecular complexity index is 510. The van der Waals surface area contributed by atoms with E-state index in [-0.39, 0.29) is 5.91 Å². The molecule has 0 aromatic carbocycles. The lowest BCUT2D eigenvalue weighted by Gasteiger charge is -2.05. The van der Waals surface area contributed by atoms with Crippen LogP contribution in [0.4, 0.5) is 0 Å². The Labute approximate surface area is 137 Å². The van der Waals surface area contributed by atoms with Crippen LogP contribution < -0.4 is 5.32 Å². The summed E-state index contributed by atoms with van der Waals surface area (Å²) in [6, 6.07) is 0. The van der Waals surface area contributed by atoms with Crippen molar-refractivity contribution in [2.45, 2.75) is 40.7 Å². The Hall–Kier alpha value is -1.33. The first-order chi connectivity index (χ1) is 10.5. The number of aryl methyl sites for hydroxylation is 1. The number of nitrogens with zero attached hydrogens (tertiary/aromatic N) is 2. The summed E-state index contributed by atoms with van der Waals surface area (Å²) in [4.78, 5) is 11.7. The number of hydrogen-bond donors (Lipinski definition) is 1. The van der Waals surface area contributed by atoms with Crippen LogP contribution in [0.25, 0.3) is 6.08 Å². The molecule has 0 aliphatic heterocycles. The summed E-state index contributed by atoms with van der Waals surface area (Å²) in [7, 11) is 0. The molecule has 124 valence electrons. The van der Waals surface area contributed by atoms with Gasteiger partial charge in [-0.15, -0.1) is 0 Å². The van der Waals surface area contributed by atoms with E-state index in [1.165, 1.54) is 6.08 Å². The number of halogens is 1. The molecule has 0 saturated heterocycles. The van der Waals surface area contributed by atoms with Gasteiger partial charge in [0, 0.05) is 37.9 Å². The summed E-state index contributed by atoms with van der Waals surface area (Å²) < 4.78 is 6.99. The smallest absolute Gasteiger partial charge is 0.244 e. The van der Waals surface area contributed by atoms with E-state index >= 15 is 0 Å². The first-order valence-electron chi connectivity index (χ1n) is 7.72. The molecule has 0 aliphatic carbocycles. The summed E-state index contributed by atoms with van der Waals surface area (Å²) in [5.74, 6) is 0.325. The van der Waals surface area contributed by atoms with Gasteiger partial charge in [0.05, 0.1) is 5.69 Å². The number of hydrogen-bond acceptors (Lipinski definition) is 3. The molecule has 6 heteroatoms. The second-order valence-corrected chi connectivity index (χ2v) is 5.90. The zero-order valence-corrected chi connectivity index (χ0v) is 14.6. The molecule has 1 amide bonds. The van der Waals surface area contributed by atoms with Crippen LogP contribution >= 0.6 is 11.6 Å². The van der Waals surface area contributed by atoms with Crippen LogP contribution in [0.5, 0.6) is 0 Å². The number of amides is 1. The van der Waals surface area contributed by atoms with E-state index in [0.717, 1.165) is 24.2 Å². The minimum Gasteiger partial charge on any atom is -0.382 e. The van der Waals surface area contributed by atoms with Crippen LogP contribution in [0.3, 0.4) is 0 Å². The molecule has 1 aromatic heterocycles. The molecule has 5 nitrogen and oxygen atoms in total. The zero-order valence-electron chi connectivity index (χ0n) is 13.9. The quantitative estimate of drug-likeness (QED) is 0.560. The second-order valence-electron chi connectivity index (χ2n) is 5.54. The van der Waals surface area contributed by atoms with Gasteiger partial charge < -0.3 is 10.1 Å². The molecular formula is C16H26ClN3O2. The Kier molecular flexibility index (Phi) is 8.20. The number of ether oxygens (including phenoxy) is 1. The zero-order chi connectivity index (χ0) is 16.5. The maximum atomic E-state index is 11.7. The van der Waals surface area contributed by atoms with Crippen molar-refractivity contribution in [3.05, 3.63) is 22.5 Å². The van der Waals surface area contributed by atoms with Crippen LogP contribution in [-0.4, -0.2) is 35.4 Å². The first-order valence-corrected chi connectivity index (χ1v) is 8.10. The maximum absolute atomic E-state index is 11.7. The van der Waals surface area contributed by atoms with Gasteiger partial charge in [0.1, 0.15) is 5.15 Å². The van der Waals surface area contributed by atoms with Gasteiger partial charge in [-0.3, -0.25) is 9.48 Å². The highest BCUT2D eigenvalue weighted by Gasteiger charge is 2.12. The summed E-state index contributed by atoms with van der Waals surface area (Å²) in [6.07, 6.45) is 4.02. The van der Waals surface area contributed by atoms with Crippen molar-refractivity contribution in [2.24, 2.45) is 5.92 Å². The maximum Gasteiger partial charge on any atom is 0.244 e. The van der Waals surface area contributed by atoms with E-state index < -0.39 is 0 Å². The molecule has 0 atom stereocenters. The predicted molar refractivity (Wildman–Crippen MR) is 90.0 cm³/mol. The van der Waals surface area contributed by atoms with Crippen molar-refractivity contribution in [2.75, 3.05) is 19.8 Å². The molecule has 1 N–H and O–H groups in total. The van der Waals surface area contributed by atoms with Gasteiger partial charge in [-0.1, -0.05) is 25.4 Å². The summed E-state index contributed by atoms with van der Waals surface area (Å²) in [6.45, 7) is 10.8. The van der Waals surface area contributed by atoms with Crippen molar-refractivity contribution < 1.29 is 9.53 Å². The fourth-order valence-electron chi connectivity index (χ4n) is 1.97. The highest BCUT2D eigenvalue weighted by molar-refractivity contribution is 6.31. The lowest BCUT2D eigenvalue weighted by atomic mass is 10.2. The van der Waals surface area contributed by atoms with E-state index in [9.17, 15) is 4.79 Å². The van der Waals surface area contributed by atoms with E-state index in [0.29, 0.717) is 30.8 Å². The van der Waals surface area contributed by atoms with Crippen molar-refractivity contribution in [3.63, 3.8) is 0 Å². The Balaban J connectivity index is 2.55. The number of nitrogens with one attached hydrogen (secondary N) is 1. The fraction of sp³-hybridized carbons (Fsp3) is 0.625. The molecular weight excluding hydrogens is 302 g/mol. The number of rotatable bonds is 9. The third-order valence-corrected chi connectivity index (χ3v) is 3.42. The minimum atomic E-state index is -0.136. The number of aromatic nitrogens is 2. The van der Waals surface area contributed by atoms with Gasteiger partial charge in [-0.05, 0) is 32.3 Å². The molecule has 0 spiro atoms. The minimum absolute atomic E-state index is 0.136. The molecule has 0 radical (unpaired) electrons. The van der Waals surface area contributed by atoms with Gasteiger partial charge in [0.15, 0.2) is 0 Å². The lowest BCUT2D eigenvalue weighted by Crippen LogP contribution is -2.23. The molecule has 22 heavy (non-hydrogen) atoms. The molecule has 1 heterocycles. The van der Waals surface area contributed by atoms with Crippen molar-refractivity contribution in [3.8, 4) is 0 Å². The fourth-order valence-corrected chi connectivity index (χ4v) is 2.28. The SMILES string of the molecule is CCOCCCNC(=O)/C=C/c1c(C)nn(CC(C)C)c1Cl. The molecule has 0 fully saturated rings. The molecule has 1 aromatic rings. The second kappa shape index (κ2) is 9.64. The molecule has 1 rings (SSSR count). The largest absolute Gasteiger partial charge is 0.382 e. The predicted octanol–water partition coefficient (Wildman–Crippen LogP) is 3.06. The van der Waals surface area contributed by atoms with Crippen molar-refractivity contribution >= 4 is 23.6 Å². The lowest BCUT2D eigenvalue weighted by molar-refractivity contribution is -0.116. The van der Waals surface area contributed by atoms with Crippen LogP contribution in [0.1, 0.15) is 38.4 Å². The van der Waals surface area contributed by atoms with E-state index in [4.69, 9.17) is 16.3 Å². The molecule has 0 aliphatic rings. The monoisotopic (exact) mass is 327 g/mol. The van der Waals surface area contributed by atoms with Gasteiger partial charge >= 0.3 is 0 Å². The number of carbonyl (C=O) groups is 1. The number of carbonyl (C=O) groups excluding carboxylic acids is 1. The van der Waals surface area contributed by atoms with E-state index in [1.807, 2.05) is 13.8 Å². The first kappa shape index (κ1) is 18.7. The highest BCUT2D eigenvalue weighted by Crippen LogP contribution is 2.22. The van der Waals surface area contributed by atoms with Crippen molar-refractivity contribution in [1.29, 1.82) is 0 Å². The van der Waals surface area contributed by atoms with Crippen LogP contribution in [-0.2, 0) is 16.1 Å². The Morgan fingerprint density at radius 3 is 2.86 bits per heavy atom. The average Bonchev–Trinajstić information content (AvgIpc) is 2.70. The summed E-state index contributed by atoms with van der Waals surface area (Å²) in [5.41, 5.74) is 1.62.